The average molecular weight is 308 g/mol. The molecule has 0 spiro atoms. The lowest BCUT2D eigenvalue weighted by atomic mass is 10.1. The minimum Gasteiger partial charge on any atom is -0.480 e. The summed E-state index contributed by atoms with van der Waals surface area (Å²) in [5.74, 6) is -2.51. The van der Waals surface area contributed by atoms with Crippen molar-refractivity contribution < 1.29 is 23.9 Å². The molecule has 118 valence electrons. The van der Waals surface area contributed by atoms with E-state index in [0.717, 1.165) is 12.8 Å². The highest BCUT2D eigenvalue weighted by atomic mass is 19.1. The molecule has 7 heteroatoms. The molecular weight excluding hydrogens is 291 g/mol. The van der Waals surface area contributed by atoms with Crippen LogP contribution in [0.1, 0.15) is 18.4 Å². The van der Waals surface area contributed by atoms with Crippen LogP contribution < -0.4 is 10.6 Å². The SMILES string of the molecule is O=C(Cc1cccc(F)c1)NCC(=O)NC(C(=O)O)C1CC1. The van der Waals surface area contributed by atoms with Gasteiger partial charge in [0.25, 0.3) is 0 Å². The highest BCUT2D eigenvalue weighted by molar-refractivity contribution is 5.88. The van der Waals surface area contributed by atoms with Gasteiger partial charge in [0, 0.05) is 0 Å². The van der Waals surface area contributed by atoms with Crippen LogP contribution in [0.5, 0.6) is 0 Å². The molecule has 22 heavy (non-hydrogen) atoms. The molecular formula is C15H17FN2O4. The molecule has 6 nitrogen and oxygen atoms in total. The third kappa shape index (κ3) is 4.83. The number of hydrogen-bond acceptors (Lipinski definition) is 3. The summed E-state index contributed by atoms with van der Waals surface area (Å²) >= 11 is 0. The van der Waals surface area contributed by atoms with E-state index in [1.165, 1.54) is 18.2 Å². The van der Waals surface area contributed by atoms with Gasteiger partial charge in [0.05, 0.1) is 13.0 Å². The van der Waals surface area contributed by atoms with E-state index < -0.39 is 29.6 Å². The molecule has 0 bridgehead atoms. The molecule has 1 saturated carbocycles. The molecule has 0 heterocycles. The molecule has 1 aliphatic rings. The number of nitrogens with one attached hydrogen (secondary N) is 2. The van der Waals surface area contributed by atoms with Crippen LogP contribution in [-0.2, 0) is 20.8 Å². The number of benzene rings is 1. The van der Waals surface area contributed by atoms with Gasteiger partial charge in [-0.05, 0) is 36.5 Å². The van der Waals surface area contributed by atoms with Crippen LogP contribution in [0.25, 0.3) is 0 Å². The maximum absolute atomic E-state index is 13.0. The fourth-order valence-corrected chi connectivity index (χ4v) is 2.11. The summed E-state index contributed by atoms with van der Waals surface area (Å²) in [5, 5.41) is 13.8. The predicted molar refractivity (Wildman–Crippen MR) is 75.4 cm³/mol. The van der Waals surface area contributed by atoms with Crippen molar-refractivity contribution in [1.29, 1.82) is 0 Å². The number of aliphatic carboxylic acids is 1. The quantitative estimate of drug-likeness (QED) is 0.682. The summed E-state index contributed by atoms with van der Waals surface area (Å²) < 4.78 is 13.0. The summed E-state index contributed by atoms with van der Waals surface area (Å²) in [6, 6.07) is 4.73. The Bertz CT molecular complexity index is 587. The van der Waals surface area contributed by atoms with E-state index in [1.807, 2.05) is 0 Å². The zero-order valence-corrected chi connectivity index (χ0v) is 11.8. The molecule has 0 aromatic heterocycles. The van der Waals surface area contributed by atoms with Crippen LogP contribution in [0.3, 0.4) is 0 Å². The van der Waals surface area contributed by atoms with Crippen LogP contribution in [-0.4, -0.2) is 35.5 Å². The summed E-state index contributed by atoms with van der Waals surface area (Å²) in [4.78, 5) is 34.3. The topological polar surface area (TPSA) is 95.5 Å². The molecule has 1 atom stereocenters. The van der Waals surface area contributed by atoms with Gasteiger partial charge in [-0.3, -0.25) is 9.59 Å². The third-order valence-corrected chi connectivity index (χ3v) is 3.38. The Morgan fingerprint density at radius 3 is 2.59 bits per heavy atom. The fourth-order valence-electron chi connectivity index (χ4n) is 2.11. The Labute approximate surface area is 126 Å². The molecule has 3 N–H and O–H groups in total. The van der Waals surface area contributed by atoms with Crippen molar-refractivity contribution >= 4 is 17.8 Å². The first-order valence-corrected chi connectivity index (χ1v) is 6.99. The lowest BCUT2D eigenvalue weighted by Crippen LogP contribution is -2.46. The van der Waals surface area contributed by atoms with Crippen LogP contribution in [0.15, 0.2) is 24.3 Å². The number of carboxylic acids is 1. The first-order chi connectivity index (χ1) is 10.5. The molecule has 0 radical (unpaired) electrons. The van der Waals surface area contributed by atoms with Crippen molar-refractivity contribution in [3.63, 3.8) is 0 Å². The molecule has 1 aromatic carbocycles. The Kier molecular flexibility index (Phi) is 5.08. The summed E-state index contributed by atoms with van der Waals surface area (Å²) in [6.07, 6.45) is 1.52. The second-order valence-corrected chi connectivity index (χ2v) is 5.30. The Balaban J connectivity index is 1.75. The van der Waals surface area contributed by atoms with E-state index in [1.54, 1.807) is 6.07 Å². The monoisotopic (exact) mass is 308 g/mol. The molecule has 1 fully saturated rings. The van der Waals surface area contributed by atoms with Crippen LogP contribution >= 0.6 is 0 Å². The standard InChI is InChI=1S/C15H17FN2O4/c16-11-3-1-2-9(6-11)7-12(19)17-8-13(20)18-14(15(21)22)10-4-5-10/h1-3,6,10,14H,4-5,7-8H2,(H,17,19)(H,18,20)(H,21,22). The van der Waals surface area contributed by atoms with Gasteiger partial charge in [-0.25, -0.2) is 9.18 Å². The van der Waals surface area contributed by atoms with Gasteiger partial charge in [0.1, 0.15) is 11.9 Å². The number of carbonyl (C=O) groups is 3. The van der Waals surface area contributed by atoms with Gasteiger partial charge in [-0.1, -0.05) is 12.1 Å². The molecule has 2 rings (SSSR count). The van der Waals surface area contributed by atoms with Crippen molar-refractivity contribution in [2.45, 2.75) is 25.3 Å². The van der Waals surface area contributed by atoms with Gasteiger partial charge in [0.2, 0.25) is 11.8 Å². The molecule has 1 unspecified atom stereocenters. The number of halogens is 1. The van der Waals surface area contributed by atoms with E-state index in [2.05, 4.69) is 10.6 Å². The van der Waals surface area contributed by atoms with Crippen molar-refractivity contribution in [3.05, 3.63) is 35.6 Å². The minimum atomic E-state index is -1.07. The second-order valence-electron chi connectivity index (χ2n) is 5.30. The van der Waals surface area contributed by atoms with Crippen molar-refractivity contribution in [2.75, 3.05) is 6.54 Å². The molecule has 0 aliphatic heterocycles. The second kappa shape index (κ2) is 7.02. The van der Waals surface area contributed by atoms with Gasteiger partial charge >= 0.3 is 5.97 Å². The lowest BCUT2D eigenvalue weighted by molar-refractivity contribution is -0.142. The van der Waals surface area contributed by atoms with Crippen molar-refractivity contribution in [1.82, 2.24) is 10.6 Å². The Morgan fingerprint density at radius 2 is 2.00 bits per heavy atom. The first kappa shape index (κ1) is 15.9. The van der Waals surface area contributed by atoms with Crippen LogP contribution in [0, 0.1) is 11.7 Å². The summed E-state index contributed by atoms with van der Waals surface area (Å²) in [5.41, 5.74) is 0.499. The Hall–Kier alpha value is -2.44. The third-order valence-electron chi connectivity index (χ3n) is 3.38. The van der Waals surface area contributed by atoms with E-state index in [9.17, 15) is 18.8 Å². The maximum Gasteiger partial charge on any atom is 0.326 e. The smallest absolute Gasteiger partial charge is 0.326 e. The Morgan fingerprint density at radius 1 is 1.27 bits per heavy atom. The van der Waals surface area contributed by atoms with Crippen molar-refractivity contribution in [3.8, 4) is 0 Å². The average Bonchev–Trinajstić information content (AvgIpc) is 3.26. The highest BCUT2D eigenvalue weighted by Gasteiger charge is 2.37. The first-order valence-electron chi connectivity index (χ1n) is 6.99. The predicted octanol–water partition coefficient (Wildman–Crippen LogP) is 0.464. The molecule has 1 aliphatic carbocycles. The number of hydrogen-bond donors (Lipinski definition) is 3. The van der Waals surface area contributed by atoms with Crippen molar-refractivity contribution in [2.24, 2.45) is 5.92 Å². The van der Waals surface area contributed by atoms with E-state index in [-0.39, 0.29) is 18.9 Å². The number of carbonyl (C=O) groups excluding carboxylic acids is 2. The van der Waals surface area contributed by atoms with E-state index in [0.29, 0.717) is 5.56 Å². The van der Waals surface area contributed by atoms with Gasteiger partial charge in [-0.15, -0.1) is 0 Å². The largest absolute Gasteiger partial charge is 0.480 e. The normalized spacial score (nSPS) is 15.0. The molecule has 2 amide bonds. The zero-order chi connectivity index (χ0) is 16.1. The fraction of sp³-hybridized carbons (Fsp3) is 0.400. The van der Waals surface area contributed by atoms with E-state index in [4.69, 9.17) is 5.11 Å². The molecule has 0 saturated heterocycles. The van der Waals surface area contributed by atoms with E-state index >= 15 is 0 Å². The minimum absolute atomic E-state index is 0.0237. The summed E-state index contributed by atoms with van der Waals surface area (Å²) in [7, 11) is 0. The number of carboxylic acid groups (broad SMARTS) is 1. The van der Waals surface area contributed by atoms with Gasteiger partial charge < -0.3 is 15.7 Å². The molecule has 1 aromatic rings. The number of amides is 2. The summed E-state index contributed by atoms with van der Waals surface area (Å²) in [6.45, 7) is -0.301. The lowest BCUT2D eigenvalue weighted by Gasteiger charge is -2.13. The van der Waals surface area contributed by atoms with Crippen LogP contribution in [0.2, 0.25) is 0 Å². The van der Waals surface area contributed by atoms with Gasteiger partial charge in [0.15, 0.2) is 0 Å². The maximum atomic E-state index is 13.0. The zero-order valence-electron chi connectivity index (χ0n) is 11.8. The van der Waals surface area contributed by atoms with Gasteiger partial charge in [-0.2, -0.15) is 0 Å². The number of rotatable bonds is 7. The highest BCUT2D eigenvalue weighted by Crippen LogP contribution is 2.32. The van der Waals surface area contributed by atoms with Crippen LogP contribution in [0.4, 0.5) is 4.39 Å².